The van der Waals surface area contributed by atoms with Crippen LogP contribution in [0.25, 0.3) is 0 Å². The van der Waals surface area contributed by atoms with Crippen molar-refractivity contribution in [1.82, 2.24) is 10.6 Å². The Morgan fingerprint density at radius 3 is 2.50 bits per heavy atom. The van der Waals surface area contributed by atoms with Crippen molar-refractivity contribution in [3.63, 3.8) is 0 Å². The second-order valence-corrected chi connectivity index (χ2v) is 7.29. The summed E-state index contributed by atoms with van der Waals surface area (Å²) in [6.45, 7) is 8.87. The number of ether oxygens (including phenoxy) is 1. The summed E-state index contributed by atoms with van der Waals surface area (Å²) in [7, 11) is 1.79. The van der Waals surface area contributed by atoms with Crippen LogP contribution >= 0.6 is 0 Å². The van der Waals surface area contributed by atoms with Crippen molar-refractivity contribution in [2.24, 2.45) is 17.3 Å². The van der Waals surface area contributed by atoms with Gasteiger partial charge in [0.15, 0.2) is 0 Å². The van der Waals surface area contributed by atoms with Gasteiger partial charge in [0.05, 0.1) is 6.10 Å². The average Bonchev–Trinajstić information content (AvgIpc) is 2.53. The highest BCUT2D eigenvalue weighted by Crippen LogP contribution is 2.48. The van der Waals surface area contributed by atoms with E-state index in [0.29, 0.717) is 30.4 Å². The van der Waals surface area contributed by atoms with E-state index in [1.54, 1.807) is 7.11 Å². The number of carbonyl (C=O) groups is 1. The van der Waals surface area contributed by atoms with Crippen molar-refractivity contribution in [3.05, 3.63) is 0 Å². The van der Waals surface area contributed by atoms with Gasteiger partial charge in [-0.15, -0.1) is 0 Å². The van der Waals surface area contributed by atoms with Crippen molar-refractivity contribution in [2.75, 3.05) is 20.2 Å². The monoisotopic (exact) mass is 310 g/mol. The number of rotatable bonds is 7. The molecular formula is C18H34N2O2. The lowest BCUT2D eigenvalue weighted by atomic mass is 9.58. The lowest BCUT2D eigenvalue weighted by molar-refractivity contribution is -0.142. The van der Waals surface area contributed by atoms with Crippen LogP contribution in [-0.2, 0) is 9.53 Å². The van der Waals surface area contributed by atoms with Crippen molar-refractivity contribution in [2.45, 2.75) is 71.4 Å². The minimum atomic E-state index is 0.141. The first kappa shape index (κ1) is 17.7. The molecule has 3 unspecified atom stereocenters. The Morgan fingerprint density at radius 1 is 1.32 bits per heavy atom. The maximum atomic E-state index is 12.4. The molecule has 1 heterocycles. The van der Waals surface area contributed by atoms with Crippen molar-refractivity contribution < 1.29 is 9.53 Å². The van der Waals surface area contributed by atoms with Gasteiger partial charge in [-0.1, -0.05) is 20.8 Å². The van der Waals surface area contributed by atoms with Crippen LogP contribution in [0.1, 0.15) is 59.3 Å². The van der Waals surface area contributed by atoms with Crippen LogP contribution in [0.2, 0.25) is 0 Å². The number of piperidine rings is 1. The van der Waals surface area contributed by atoms with Gasteiger partial charge in [0.1, 0.15) is 0 Å². The molecule has 2 rings (SSSR count). The van der Waals surface area contributed by atoms with Gasteiger partial charge in [0.25, 0.3) is 0 Å². The highest BCUT2D eigenvalue weighted by molar-refractivity contribution is 5.76. The first-order chi connectivity index (χ1) is 10.6. The van der Waals surface area contributed by atoms with E-state index in [-0.39, 0.29) is 11.3 Å². The normalized spacial score (nSPS) is 29.6. The predicted molar refractivity (Wildman–Crippen MR) is 89.7 cm³/mol. The smallest absolute Gasteiger partial charge is 0.220 e. The molecule has 1 saturated heterocycles. The molecule has 4 heteroatoms. The van der Waals surface area contributed by atoms with E-state index in [1.807, 2.05) is 0 Å². The van der Waals surface area contributed by atoms with Crippen molar-refractivity contribution in [3.8, 4) is 0 Å². The second kappa shape index (κ2) is 7.78. The molecule has 3 atom stereocenters. The third-order valence-corrected chi connectivity index (χ3v) is 6.42. The standard InChI is InChI=1S/C18H34N2O2/c1-5-18(6-2)15(12-16(18)22-4)20-17(21)11-13(3)14-7-9-19-10-8-14/h13-16,19H,5-12H2,1-4H3,(H,20,21). The predicted octanol–water partition coefficient (Wildman–Crippen LogP) is 2.72. The van der Waals surface area contributed by atoms with Gasteiger partial charge in [0.2, 0.25) is 5.91 Å². The number of hydrogen-bond donors (Lipinski definition) is 2. The zero-order chi connectivity index (χ0) is 16.2. The Labute approximate surface area is 135 Å². The molecule has 2 N–H and O–H groups in total. The molecule has 0 aromatic rings. The third-order valence-electron chi connectivity index (χ3n) is 6.42. The minimum absolute atomic E-state index is 0.141. The van der Waals surface area contributed by atoms with Gasteiger partial charge in [-0.05, 0) is 57.0 Å². The summed E-state index contributed by atoms with van der Waals surface area (Å²) in [5.74, 6) is 1.41. The first-order valence-corrected chi connectivity index (χ1v) is 9.10. The average molecular weight is 310 g/mol. The molecule has 1 saturated carbocycles. The Morgan fingerprint density at radius 2 is 1.95 bits per heavy atom. The van der Waals surface area contributed by atoms with Gasteiger partial charge >= 0.3 is 0 Å². The number of hydrogen-bond acceptors (Lipinski definition) is 3. The van der Waals surface area contributed by atoms with Crippen LogP contribution in [0.5, 0.6) is 0 Å². The van der Waals surface area contributed by atoms with Crippen molar-refractivity contribution >= 4 is 5.91 Å². The van der Waals surface area contributed by atoms with Crippen molar-refractivity contribution in [1.29, 1.82) is 0 Å². The molecule has 0 radical (unpaired) electrons. The highest BCUT2D eigenvalue weighted by atomic mass is 16.5. The SMILES string of the molecule is CCC1(CC)C(NC(=O)CC(C)C2CCNCC2)CC1OC. The van der Waals surface area contributed by atoms with E-state index in [4.69, 9.17) is 4.74 Å². The number of carbonyl (C=O) groups excluding carboxylic acids is 1. The van der Waals surface area contributed by atoms with Gasteiger partial charge in [0, 0.05) is 25.0 Å². The van der Waals surface area contributed by atoms with Gasteiger partial charge in [-0.2, -0.15) is 0 Å². The third kappa shape index (κ3) is 3.48. The van der Waals surface area contributed by atoms with E-state index in [2.05, 4.69) is 31.4 Å². The number of methoxy groups -OCH3 is 1. The van der Waals surface area contributed by atoms with E-state index in [1.165, 1.54) is 12.8 Å². The molecule has 2 aliphatic rings. The van der Waals surface area contributed by atoms with Gasteiger partial charge in [-0.25, -0.2) is 0 Å². The van der Waals surface area contributed by atoms with Gasteiger partial charge in [-0.3, -0.25) is 4.79 Å². The lowest BCUT2D eigenvalue weighted by Gasteiger charge is -2.55. The molecule has 4 nitrogen and oxygen atoms in total. The molecule has 0 spiro atoms. The zero-order valence-corrected chi connectivity index (χ0v) is 14.8. The van der Waals surface area contributed by atoms with Crippen LogP contribution in [-0.4, -0.2) is 38.3 Å². The largest absolute Gasteiger partial charge is 0.381 e. The summed E-state index contributed by atoms with van der Waals surface area (Å²) in [4.78, 5) is 12.4. The fraction of sp³-hybridized carbons (Fsp3) is 0.944. The van der Waals surface area contributed by atoms with E-state index in [0.717, 1.165) is 32.4 Å². The molecule has 0 aromatic heterocycles. The topological polar surface area (TPSA) is 50.4 Å². The Bertz CT molecular complexity index is 362. The molecule has 128 valence electrons. The summed E-state index contributed by atoms with van der Waals surface area (Å²) in [5.41, 5.74) is 0.141. The quantitative estimate of drug-likeness (QED) is 0.760. The van der Waals surface area contributed by atoms with E-state index < -0.39 is 0 Å². The molecule has 0 aromatic carbocycles. The maximum Gasteiger partial charge on any atom is 0.220 e. The summed E-state index contributed by atoms with van der Waals surface area (Å²) in [6, 6.07) is 0.292. The molecule has 2 fully saturated rings. The Kier molecular flexibility index (Phi) is 6.27. The maximum absolute atomic E-state index is 12.4. The zero-order valence-electron chi connectivity index (χ0n) is 14.8. The highest BCUT2D eigenvalue weighted by Gasteiger charge is 2.53. The summed E-state index contributed by atoms with van der Waals surface area (Å²) in [5, 5.41) is 6.71. The number of nitrogens with one attached hydrogen (secondary N) is 2. The van der Waals surface area contributed by atoms with Crippen LogP contribution in [0.15, 0.2) is 0 Å². The fourth-order valence-electron chi connectivity index (χ4n) is 4.60. The number of amides is 1. The molecule has 1 amide bonds. The van der Waals surface area contributed by atoms with Crippen LogP contribution in [0, 0.1) is 17.3 Å². The second-order valence-electron chi connectivity index (χ2n) is 7.29. The molecular weight excluding hydrogens is 276 g/mol. The molecule has 1 aliphatic heterocycles. The molecule has 0 bridgehead atoms. The summed E-state index contributed by atoms with van der Waals surface area (Å²) < 4.78 is 5.61. The lowest BCUT2D eigenvalue weighted by Crippen LogP contribution is -2.64. The Balaban J connectivity index is 1.84. The van der Waals surface area contributed by atoms with Crippen LogP contribution in [0.3, 0.4) is 0 Å². The summed E-state index contributed by atoms with van der Waals surface area (Å²) in [6.07, 6.45) is 6.48. The minimum Gasteiger partial charge on any atom is -0.381 e. The molecule has 1 aliphatic carbocycles. The first-order valence-electron chi connectivity index (χ1n) is 9.10. The van der Waals surface area contributed by atoms with Crippen LogP contribution < -0.4 is 10.6 Å². The van der Waals surface area contributed by atoms with Crippen LogP contribution in [0.4, 0.5) is 0 Å². The fourth-order valence-corrected chi connectivity index (χ4v) is 4.60. The van der Waals surface area contributed by atoms with Gasteiger partial charge < -0.3 is 15.4 Å². The molecule has 22 heavy (non-hydrogen) atoms. The summed E-state index contributed by atoms with van der Waals surface area (Å²) >= 11 is 0. The van der Waals surface area contributed by atoms with E-state index in [9.17, 15) is 4.79 Å². The van der Waals surface area contributed by atoms with E-state index >= 15 is 0 Å². The Hall–Kier alpha value is -0.610.